The van der Waals surface area contributed by atoms with E-state index in [1.165, 1.54) is 0 Å². The third kappa shape index (κ3) is 4.45. The molecule has 1 N–H and O–H groups in total. The predicted molar refractivity (Wildman–Crippen MR) is 110 cm³/mol. The van der Waals surface area contributed by atoms with E-state index in [0.29, 0.717) is 11.6 Å². The summed E-state index contributed by atoms with van der Waals surface area (Å²) in [7, 11) is 0. The Morgan fingerprint density at radius 2 is 1.85 bits per heavy atom. The summed E-state index contributed by atoms with van der Waals surface area (Å²) < 4.78 is 0. The van der Waals surface area contributed by atoms with Crippen LogP contribution >= 0.6 is 0 Å². The van der Waals surface area contributed by atoms with E-state index < -0.39 is 0 Å². The Morgan fingerprint density at radius 3 is 2.44 bits per heavy atom. The summed E-state index contributed by atoms with van der Waals surface area (Å²) in [5, 5.41) is 11.5. The molecule has 3 rings (SSSR count). The van der Waals surface area contributed by atoms with Crippen LogP contribution in [0.15, 0.2) is 30.3 Å². The number of para-hydroxylation sites is 1. The molecular weight excluding hydrogens is 338 g/mol. The van der Waals surface area contributed by atoms with Gasteiger partial charge in [-0.15, -0.1) is 10.2 Å². The molecule has 0 saturated carbocycles. The maximum atomic E-state index is 12.7. The molecule has 1 fully saturated rings. The number of amides is 1. The van der Waals surface area contributed by atoms with E-state index in [-0.39, 0.29) is 5.91 Å². The van der Waals surface area contributed by atoms with Gasteiger partial charge in [0, 0.05) is 31.9 Å². The highest BCUT2D eigenvalue weighted by molar-refractivity contribution is 6.03. The number of anilines is 2. The SMILES string of the molecule is CCN1CCN(c2ccc(C(=O)Nc3c(C)cccc3C(C)C)nn2)CC1. The van der Waals surface area contributed by atoms with E-state index in [4.69, 9.17) is 0 Å². The maximum Gasteiger partial charge on any atom is 0.276 e. The zero-order valence-electron chi connectivity index (χ0n) is 16.7. The van der Waals surface area contributed by atoms with Crippen LogP contribution in [0.4, 0.5) is 11.5 Å². The van der Waals surface area contributed by atoms with Crippen molar-refractivity contribution in [1.82, 2.24) is 15.1 Å². The first-order valence-electron chi connectivity index (χ1n) is 9.71. The molecule has 6 heteroatoms. The summed E-state index contributed by atoms with van der Waals surface area (Å²) >= 11 is 0. The average Bonchev–Trinajstić information content (AvgIpc) is 2.69. The highest BCUT2D eigenvalue weighted by Gasteiger charge is 2.19. The monoisotopic (exact) mass is 367 g/mol. The van der Waals surface area contributed by atoms with Crippen LogP contribution in [-0.4, -0.2) is 53.7 Å². The van der Waals surface area contributed by atoms with Crippen LogP contribution in [0.1, 0.15) is 48.3 Å². The summed E-state index contributed by atoms with van der Waals surface area (Å²) in [5.74, 6) is 0.942. The van der Waals surface area contributed by atoms with E-state index in [2.05, 4.69) is 52.2 Å². The van der Waals surface area contributed by atoms with Crippen molar-refractivity contribution in [2.45, 2.75) is 33.6 Å². The number of benzene rings is 1. The van der Waals surface area contributed by atoms with Gasteiger partial charge in [-0.05, 0) is 42.6 Å². The highest BCUT2D eigenvalue weighted by Crippen LogP contribution is 2.27. The van der Waals surface area contributed by atoms with E-state index in [1.807, 2.05) is 25.1 Å². The minimum Gasteiger partial charge on any atom is -0.353 e. The number of carbonyl (C=O) groups excluding carboxylic acids is 1. The Labute approximate surface area is 161 Å². The van der Waals surface area contributed by atoms with Crippen LogP contribution in [0.5, 0.6) is 0 Å². The van der Waals surface area contributed by atoms with E-state index >= 15 is 0 Å². The second kappa shape index (κ2) is 8.48. The van der Waals surface area contributed by atoms with Gasteiger partial charge in [0.05, 0.1) is 0 Å². The molecule has 144 valence electrons. The maximum absolute atomic E-state index is 12.7. The molecule has 1 aromatic heterocycles. The van der Waals surface area contributed by atoms with Crippen LogP contribution in [0.25, 0.3) is 0 Å². The van der Waals surface area contributed by atoms with E-state index in [9.17, 15) is 4.79 Å². The summed E-state index contributed by atoms with van der Waals surface area (Å²) in [6, 6.07) is 9.74. The van der Waals surface area contributed by atoms with Crippen LogP contribution < -0.4 is 10.2 Å². The topological polar surface area (TPSA) is 61.4 Å². The molecule has 0 spiro atoms. The van der Waals surface area contributed by atoms with Crippen molar-refractivity contribution in [3.8, 4) is 0 Å². The molecule has 6 nitrogen and oxygen atoms in total. The third-order valence-corrected chi connectivity index (χ3v) is 5.19. The van der Waals surface area contributed by atoms with Crippen molar-refractivity contribution in [3.63, 3.8) is 0 Å². The fourth-order valence-corrected chi connectivity index (χ4v) is 3.43. The molecule has 0 aliphatic carbocycles. The minimum absolute atomic E-state index is 0.221. The Morgan fingerprint density at radius 1 is 1.11 bits per heavy atom. The number of aromatic nitrogens is 2. The number of hydrogen-bond donors (Lipinski definition) is 1. The number of aryl methyl sites for hydroxylation is 1. The Kier molecular flexibility index (Phi) is 6.06. The van der Waals surface area contributed by atoms with Gasteiger partial charge < -0.3 is 15.1 Å². The molecule has 2 heterocycles. The Bertz CT molecular complexity index is 780. The Hall–Kier alpha value is -2.47. The first-order valence-corrected chi connectivity index (χ1v) is 9.71. The lowest BCUT2D eigenvalue weighted by Crippen LogP contribution is -2.46. The van der Waals surface area contributed by atoms with Gasteiger partial charge >= 0.3 is 0 Å². The second-order valence-electron chi connectivity index (χ2n) is 7.35. The fourth-order valence-electron chi connectivity index (χ4n) is 3.43. The lowest BCUT2D eigenvalue weighted by atomic mass is 9.98. The van der Waals surface area contributed by atoms with Gasteiger partial charge in [-0.25, -0.2) is 0 Å². The molecule has 2 aromatic rings. The molecule has 1 aliphatic heterocycles. The smallest absolute Gasteiger partial charge is 0.276 e. The summed E-state index contributed by atoms with van der Waals surface area (Å²) in [4.78, 5) is 17.3. The Balaban J connectivity index is 1.70. The minimum atomic E-state index is -0.221. The summed E-state index contributed by atoms with van der Waals surface area (Å²) in [5.41, 5.74) is 3.39. The van der Waals surface area contributed by atoms with Gasteiger partial charge in [0.1, 0.15) is 0 Å². The molecule has 1 aliphatic rings. The fraction of sp³-hybridized carbons (Fsp3) is 0.476. The van der Waals surface area contributed by atoms with Gasteiger partial charge in [0.25, 0.3) is 5.91 Å². The van der Waals surface area contributed by atoms with Crippen molar-refractivity contribution < 1.29 is 4.79 Å². The molecule has 0 atom stereocenters. The van der Waals surface area contributed by atoms with Crippen molar-refractivity contribution in [1.29, 1.82) is 0 Å². The normalized spacial score (nSPS) is 15.2. The first-order chi connectivity index (χ1) is 13.0. The second-order valence-corrected chi connectivity index (χ2v) is 7.35. The average molecular weight is 367 g/mol. The van der Waals surface area contributed by atoms with E-state index in [1.54, 1.807) is 6.07 Å². The van der Waals surface area contributed by atoms with Crippen molar-refractivity contribution in [3.05, 3.63) is 47.2 Å². The van der Waals surface area contributed by atoms with Gasteiger partial charge in [-0.1, -0.05) is 39.0 Å². The lowest BCUT2D eigenvalue weighted by Gasteiger charge is -2.34. The molecular formula is C21H29N5O. The third-order valence-electron chi connectivity index (χ3n) is 5.19. The van der Waals surface area contributed by atoms with Crippen molar-refractivity contribution >= 4 is 17.4 Å². The standard InChI is InChI=1S/C21H29N5O/c1-5-25-11-13-26(14-12-25)19-10-9-18(23-24-19)21(27)22-20-16(4)7-6-8-17(20)15(2)3/h6-10,15H,5,11-14H2,1-4H3,(H,22,27). The van der Waals surface area contributed by atoms with Crippen LogP contribution in [0, 0.1) is 6.92 Å². The van der Waals surface area contributed by atoms with Crippen molar-refractivity contribution in [2.24, 2.45) is 0 Å². The highest BCUT2D eigenvalue weighted by atomic mass is 16.1. The van der Waals surface area contributed by atoms with Crippen LogP contribution in [0.3, 0.4) is 0 Å². The molecule has 1 amide bonds. The number of carbonyl (C=O) groups is 1. The van der Waals surface area contributed by atoms with Gasteiger partial charge in [0.2, 0.25) is 0 Å². The van der Waals surface area contributed by atoms with Crippen LogP contribution in [0.2, 0.25) is 0 Å². The van der Waals surface area contributed by atoms with Gasteiger partial charge in [-0.3, -0.25) is 4.79 Å². The molecule has 1 aromatic carbocycles. The molecule has 0 bridgehead atoms. The number of piperazine rings is 1. The lowest BCUT2D eigenvalue weighted by molar-refractivity contribution is 0.102. The van der Waals surface area contributed by atoms with Crippen molar-refractivity contribution in [2.75, 3.05) is 42.9 Å². The number of rotatable bonds is 5. The number of hydrogen-bond acceptors (Lipinski definition) is 5. The zero-order valence-corrected chi connectivity index (χ0v) is 16.7. The quantitative estimate of drug-likeness (QED) is 0.879. The molecule has 0 unspecified atom stereocenters. The summed E-state index contributed by atoms with van der Waals surface area (Å²) in [6.07, 6.45) is 0. The van der Waals surface area contributed by atoms with Crippen LogP contribution in [-0.2, 0) is 0 Å². The molecule has 0 radical (unpaired) electrons. The number of nitrogens with one attached hydrogen (secondary N) is 1. The van der Waals surface area contributed by atoms with E-state index in [0.717, 1.165) is 55.4 Å². The molecule has 1 saturated heterocycles. The first kappa shape index (κ1) is 19.3. The summed E-state index contributed by atoms with van der Waals surface area (Å²) in [6.45, 7) is 13.5. The van der Waals surface area contributed by atoms with Gasteiger partial charge in [-0.2, -0.15) is 0 Å². The van der Waals surface area contributed by atoms with Gasteiger partial charge in [0.15, 0.2) is 11.5 Å². The zero-order chi connectivity index (χ0) is 19.4. The number of likely N-dealkylation sites (N-methyl/N-ethyl adjacent to an activating group) is 1. The largest absolute Gasteiger partial charge is 0.353 e. The predicted octanol–water partition coefficient (Wildman–Crippen LogP) is 3.30. The molecule has 27 heavy (non-hydrogen) atoms. The number of nitrogens with zero attached hydrogens (tertiary/aromatic N) is 4.